The molecule has 0 aliphatic carbocycles. The van der Waals surface area contributed by atoms with Crippen LogP contribution in [0.4, 0.5) is 4.39 Å². The number of aromatic nitrogens is 2. The maximum atomic E-state index is 13.1. The molecule has 1 saturated heterocycles. The van der Waals surface area contributed by atoms with Crippen LogP contribution in [-0.2, 0) is 16.1 Å². The molecule has 2 heterocycles. The van der Waals surface area contributed by atoms with Crippen molar-refractivity contribution in [2.24, 2.45) is 0 Å². The van der Waals surface area contributed by atoms with Gasteiger partial charge >= 0.3 is 0 Å². The Kier molecular flexibility index (Phi) is 3.25. The molecule has 0 saturated carbocycles. The number of hydrogen-bond donors (Lipinski definition) is 0. The van der Waals surface area contributed by atoms with Crippen LogP contribution in [0.5, 0.6) is 0 Å². The van der Waals surface area contributed by atoms with Gasteiger partial charge in [0, 0.05) is 19.0 Å². The summed E-state index contributed by atoms with van der Waals surface area (Å²) >= 11 is 0. The number of carbonyl (C=O) groups is 2. The van der Waals surface area contributed by atoms with Crippen molar-refractivity contribution < 1.29 is 14.0 Å². The van der Waals surface area contributed by atoms with Gasteiger partial charge in [-0.2, -0.15) is 0 Å². The van der Waals surface area contributed by atoms with Crippen LogP contribution < -0.4 is 5.56 Å². The highest BCUT2D eigenvalue weighted by Crippen LogP contribution is 2.11. The third-order valence-corrected chi connectivity index (χ3v) is 3.47. The number of rotatable bonds is 2. The van der Waals surface area contributed by atoms with Crippen LogP contribution in [0.3, 0.4) is 0 Å². The first-order valence-electron chi connectivity index (χ1n) is 6.54. The molecule has 0 radical (unpaired) electrons. The summed E-state index contributed by atoms with van der Waals surface area (Å²) in [4.78, 5) is 40.9. The fourth-order valence-electron chi connectivity index (χ4n) is 2.39. The number of nitrogens with zero attached hydrogens (tertiary/aromatic N) is 3. The molecule has 0 bridgehead atoms. The minimum Gasteiger partial charge on any atom is -0.289 e. The summed E-state index contributed by atoms with van der Waals surface area (Å²) in [5, 5.41) is 0.236. The molecular formula is C14H12FN3O3. The van der Waals surface area contributed by atoms with E-state index in [0.717, 1.165) is 15.5 Å². The van der Waals surface area contributed by atoms with Crippen molar-refractivity contribution in [3.63, 3.8) is 0 Å². The molecule has 1 aliphatic heterocycles. The molecule has 0 atom stereocenters. The Morgan fingerprint density at radius 1 is 1.33 bits per heavy atom. The highest BCUT2D eigenvalue weighted by molar-refractivity contribution is 5.96. The topological polar surface area (TPSA) is 72.3 Å². The van der Waals surface area contributed by atoms with Gasteiger partial charge < -0.3 is 0 Å². The number of fused-ring (bicyclic) bond motifs is 1. The largest absolute Gasteiger partial charge is 0.289 e. The third-order valence-electron chi connectivity index (χ3n) is 3.47. The summed E-state index contributed by atoms with van der Waals surface area (Å²) in [5.41, 5.74) is -0.194. The van der Waals surface area contributed by atoms with Crippen molar-refractivity contribution in [3.05, 3.63) is 40.7 Å². The van der Waals surface area contributed by atoms with Gasteiger partial charge in [0.1, 0.15) is 12.4 Å². The summed E-state index contributed by atoms with van der Waals surface area (Å²) in [6.45, 7) is 0.142. The molecule has 0 unspecified atom stereocenters. The number of amides is 2. The molecule has 2 aromatic rings. The Morgan fingerprint density at radius 2 is 2.14 bits per heavy atom. The zero-order valence-electron chi connectivity index (χ0n) is 11.1. The number of carbonyl (C=O) groups excluding carboxylic acids is 2. The van der Waals surface area contributed by atoms with Crippen LogP contribution in [0, 0.1) is 5.82 Å². The molecule has 3 rings (SSSR count). The zero-order chi connectivity index (χ0) is 15.0. The van der Waals surface area contributed by atoms with E-state index in [4.69, 9.17) is 0 Å². The summed E-state index contributed by atoms with van der Waals surface area (Å²) in [7, 11) is 0. The molecule has 6 nitrogen and oxygen atoms in total. The number of hydrogen-bond acceptors (Lipinski definition) is 4. The van der Waals surface area contributed by atoms with E-state index in [0.29, 0.717) is 19.4 Å². The minimum absolute atomic E-state index is 0.219. The Bertz CT molecular complexity index is 800. The molecule has 1 fully saturated rings. The van der Waals surface area contributed by atoms with E-state index < -0.39 is 17.3 Å². The van der Waals surface area contributed by atoms with Crippen molar-refractivity contribution in [2.45, 2.75) is 19.4 Å². The molecule has 0 N–H and O–H groups in total. The normalized spacial score (nSPS) is 14.9. The lowest BCUT2D eigenvalue weighted by Gasteiger charge is -2.14. The van der Waals surface area contributed by atoms with Gasteiger partial charge in [0.25, 0.3) is 5.56 Å². The van der Waals surface area contributed by atoms with Gasteiger partial charge in [-0.25, -0.2) is 9.37 Å². The van der Waals surface area contributed by atoms with Crippen LogP contribution >= 0.6 is 0 Å². The second kappa shape index (κ2) is 5.08. The quantitative estimate of drug-likeness (QED) is 0.815. The van der Waals surface area contributed by atoms with Crippen LogP contribution in [0.25, 0.3) is 10.9 Å². The van der Waals surface area contributed by atoms with Gasteiger partial charge in [-0.05, 0) is 18.6 Å². The summed E-state index contributed by atoms with van der Waals surface area (Å²) in [5.74, 6) is -1.13. The first kappa shape index (κ1) is 13.4. The SMILES string of the molecule is O=C1CCCN1C(=O)Cn1cnc2cc(F)ccc2c1=O. The predicted molar refractivity (Wildman–Crippen MR) is 71.9 cm³/mol. The van der Waals surface area contributed by atoms with E-state index in [2.05, 4.69) is 4.98 Å². The van der Waals surface area contributed by atoms with Gasteiger partial charge in [-0.15, -0.1) is 0 Å². The molecule has 2 amide bonds. The Hall–Kier alpha value is -2.57. The van der Waals surface area contributed by atoms with Crippen LogP contribution in [0.2, 0.25) is 0 Å². The van der Waals surface area contributed by atoms with Gasteiger partial charge in [0.15, 0.2) is 0 Å². The number of halogens is 1. The van der Waals surface area contributed by atoms with E-state index in [1.54, 1.807) is 0 Å². The molecule has 108 valence electrons. The summed E-state index contributed by atoms with van der Waals surface area (Å²) < 4.78 is 14.2. The van der Waals surface area contributed by atoms with Crippen molar-refractivity contribution >= 4 is 22.7 Å². The lowest BCUT2D eigenvalue weighted by atomic mass is 10.2. The average Bonchev–Trinajstić information content (AvgIpc) is 2.88. The second-order valence-electron chi connectivity index (χ2n) is 4.88. The summed E-state index contributed by atoms with van der Waals surface area (Å²) in [6, 6.07) is 3.66. The molecule has 0 spiro atoms. The third kappa shape index (κ3) is 2.42. The first-order chi connectivity index (χ1) is 10.1. The highest BCUT2D eigenvalue weighted by atomic mass is 19.1. The van der Waals surface area contributed by atoms with E-state index in [1.807, 2.05) is 0 Å². The highest BCUT2D eigenvalue weighted by Gasteiger charge is 2.26. The average molecular weight is 289 g/mol. The van der Waals surface area contributed by atoms with Crippen molar-refractivity contribution in [1.29, 1.82) is 0 Å². The number of imide groups is 1. The molecular weight excluding hydrogens is 277 g/mol. The second-order valence-corrected chi connectivity index (χ2v) is 4.88. The smallest absolute Gasteiger partial charge is 0.261 e. The Labute approximate surface area is 118 Å². The van der Waals surface area contributed by atoms with Gasteiger partial charge in [0.2, 0.25) is 11.8 Å². The van der Waals surface area contributed by atoms with Crippen molar-refractivity contribution in [3.8, 4) is 0 Å². The number of likely N-dealkylation sites (tertiary alicyclic amines) is 1. The number of benzene rings is 1. The standard InChI is InChI=1S/C14H12FN3O3/c15-9-3-4-10-11(6-9)16-8-17(14(10)21)7-13(20)18-5-1-2-12(18)19/h3-4,6,8H,1-2,5,7H2. The molecule has 1 aromatic heterocycles. The first-order valence-corrected chi connectivity index (χ1v) is 6.54. The minimum atomic E-state index is -0.481. The van der Waals surface area contributed by atoms with E-state index in [1.165, 1.54) is 18.5 Å². The molecule has 7 heteroatoms. The lowest BCUT2D eigenvalue weighted by Crippen LogP contribution is -2.37. The fraction of sp³-hybridized carbons (Fsp3) is 0.286. The maximum absolute atomic E-state index is 13.1. The van der Waals surface area contributed by atoms with E-state index in [9.17, 15) is 18.8 Å². The van der Waals surface area contributed by atoms with Gasteiger partial charge in [0.05, 0.1) is 17.2 Å². The van der Waals surface area contributed by atoms with Crippen LogP contribution in [0.1, 0.15) is 12.8 Å². The van der Waals surface area contributed by atoms with Gasteiger partial charge in [-0.1, -0.05) is 0 Å². The molecule has 1 aliphatic rings. The van der Waals surface area contributed by atoms with E-state index in [-0.39, 0.29) is 23.4 Å². The predicted octanol–water partition coefficient (Wildman–Crippen LogP) is 0.685. The zero-order valence-corrected chi connectivity index (χ0v) is 11.1. The van der Waals surface area contributed by atoms with E-state index >= 15 is 0 Å². The summed E-state index contributed by atoms with van der Waals surface area (Å²) in [6.07, 6.45) is 2.20. The monoisotopic (exact) mass is 289 g/mol. The molecule has 21 heavy (non-hydrogen) atoms. The Balaban J connectivity index is 1.92. The molecule has 1 aromatic carbocycles. The van der Waals surface area contributed by atoms with Gasteiger partial charge in [-0.3, -0.25) is 23.9 Å². The maximum Gasteiger partial charge on any atom is 0.261 e. The lowest BCUT2D eigenvalue weighted by molar-refractivity contribution is -0.142. The van der Waals surface area contributed by atoms with Crippen LogP contribution in [-0.4, -0.2) is 32.8 Å². The van der Waals surface area contributed by atoms with Crippen molar-refractivity contribution in [2.75, 3.05) is 6.54 Å². The van der Waals surface area contributed by atoms with Crippen molar-refractivity contribution in [1.82, 2.24) is 14.5 Å². The van der Waals surface area contributed by atoms with Crippen LogP contribution in [0.15, 0.2) is 29.3 Å². The fourth-order valence-corrected chi connectivity index (χ4v) is 2.39. The Morgan fingerprint density at radius 3 is 2.86 bits per heavy atom.